The van der Waals surface area contributed by atoms with Gasteiger partial charge in [-0.2, -0.15) is 0 Å². The number of fused-ring (bicyclic) bond motifs is 3. The van der Waals surface area contributed by atoms with Crippen LogP contribution >= 0.6 is 0 Å². The first kappa shape index (κ1) is 19.6. The summed E-state index contributed by atoms with van der Waals surface area (Å²) in [4.78, 5) is 24.6. The van der Waals surface area contributed by atoms with E-state index in [9.17, 15) is 18.4 Å². The summed E-state index contributed by atoms with van der Waals surface area (Å²) < 4.78 is 38.1. The van der Waals surface area contributed by atoms with Crippen molar-refractivity contribution >= 4 is 39.3 Å². The molecule has 4 aromatic rings. The minimum absolute atomic E-state index is 0.118. The third kappa shape index (κ3) is 3.74. The third-order valence-electron chi connectivity index (χ3n) is 4.76. The summed E-state index contributed by atoms with van der Waals surface area (Å²) >= 11 is 0. The van der Waals surface area contributed by atoms with E-state index in [0.29, 0.717) is 11.1 Å². The molecule has 30 heavy (non-hydrogen) atoms. The highest BCUT2D eigenvalue weighted by Crippen LogP contribution is 2.30. The molecule has 7 heteroatoms. The Balaban J connectivity index is 1.48. The number of anilines is 1. The zero-order valence-corrected chi connectivity index (χ0v) is 15.9. The van der Waals surface area contributed by atoms with Gasteiger partial charge in [-0.1, -0.05) is 36.4 Å². The number of furan rings is 1. The summed E-state index contributed by atoms with van der Waals surface area (Å²) in [6.45, 7) is 1.33. The average Bonchev–Trinajstić information content (AvgIpc) is 3.13. The van der Waals surface area contributed by atoms with Gasteiger partial charge in [-0.05, 0) is 35.9 Å². The summed E-state index contributed by atoms with van der Waals surface area (Å²) in [6, 6.07) is 14.7. The monoisotopic (exact) mass is 409 g/mol. The van der Waals surface area contributed by atoms with Crippen LogP contribution in [0.2, 0.25) is 0 Å². The number of hydrogen-bond donors (Lipinski definition) is 1. The van der Waals surface area contributed by atoms with Crippen LogP contribution < -0.4 is 5.32 Å². The summed E-state index contributed by atoms with van der Waals surface area (Å²) in [6.07, 6.45) is 0.122. The maximum Gasteiger partial charge on any atom is 0.311 e. The predicted octanol–water partition coefficient (Wildman–Crippen LogP) is 4.98. The van der Waals surface area contributed by atoms with E-state index in [0.717, 1.165) is 28.3 Å². The molecule has 0 aliphatic heterocycles. The first-order valence-electron chi connectivity index (χ1n) is 9.26. The fourth-order valence-electron chi connectivity index (χ4n) is 3.29. The van der Waals surface area contributed by atoms with Crippen LogP contribution in [0.25, 0.3) is 21.7 Å². The fraction of sp³-hybridized carbons (Fsp3) is 0.130. The van der Waals surface area contributed by atoms with Gasteiger partial charge in [0.25, 0.3) is 5.91 Å². The Hall–Kier alpha value is -3.74. The Morgan fingerprint density at radius 3 is 2.53 bits per heavy atom. The van der Waals surface area contributed by atoms with Gasteiger partial charge >= 0.3 is 5.97 Å². The fourth-order valence-corrected chi connectivity index (χ4v) is 3.29. The van der Waals surface area contributed by atoms with Crippen LogP contribution in [0.1, 0.15) is 12.5 Å². The van der Waals surface area contributed by atoms with Crippen molar-refractivity contribution in [3.8, 4) is 0 Å². The van der Waals surface area contributed by atoms with Gasteiger partial charge < -0.3 is 14.5 Å². The van der Waals surface area contributed by atoms with Crippen molar-refractivity contribution in [1.82, 2.24) is 0 Å². The number of nitrogens with one attached hydrogen (secondary N) is 1. The summed E-state index contributed by atoms with van der Waals surface area (Å²) in [5, 5.41) is 4.85. The first-order valence-corrected chi connectivity index (χ1v) is 9.26. The molecule has 5 nitrogen and oxygen atoms in total. The van der Waals surface area contributed by atoms with Crippen LogP contribution in [-0.2, 0) is 20.7 Å². The molecule has 152 valence electrons. The van der Waals surface area contributed by atoms with Crippen LogP contribution in [0.3, 0.4) is 0 Å². The number of halogens is 2. The molecule has 0 fully saturated rings. The molecule has 1 aromatic heterocycles. The second kappa shape index (κ2) is 7.94. The molecule has 1 atom stereocenters. The summed E-state index contributed by atoms with van der Waals surface area (Å²) in [5.74, 6) is -3.34. The van der Waals surface area contributed by atoms with E-state index in [1.54, 1.807) is 0 Å². The van der Waals surface area contributed by atoms with E-state index < -0.39 is 35.3 Å². The number of hydrogen-bond acceptors (Lipinski definition) is 4. The maximum absolute atomic E-state index is 13.7. The van der Waals surface area contributed by atoms with Crippen molar-refractivity contribution in [3.63, 3.8) is 0 Å². The van der Waals surface area contributed by atoms with E-state index in [-0.39, 0.29) is 6.42 Å². The molecule has 0 aliphatic rings. The highest BCUT2D eigenvalue weighted by molar-refractivity contribution is 6.08. The SMILES string of the molecule is C[C@@H](OC(=O)Cc1coc2ccc3ccccc3c12)C(=O)Nc1c(F)cccc1F. The normalized spacial score (nSPS) is 12.1. The quantitative estimate of drug-likeness (QED) is 0.472. The van der Waals surface area contributed by atoms with Gasteiger partial charge in [0.15, 0.2) is 6.10 Å². The van der Waals surface area contributed by atoms with E-state index in [1.165, 1.54) is 19.3 Å². The largest absolute Gasteiger partial charge is 0.464 e. The lowest BCUT2D eigenvalue weighted by atomic mass is 10.0. The molecule has 0 spiro atoms. The van der Waals surface area contributed by atoms with Gasteiger partial charge in [0.1, 0.15) is 22.9 Å². The minimum Gasteiger partial charge on any atom is -0.464 e. The van der Waals surface area contributed by atoms with Crippen molar-refractivity contribution in [3.05, 3.63) is 78.1 Å². The lowest BCUT2D eigenvalue weighted by Gasteiger charge is -2.14. The first-order chi connectivity index (χ1) is 14.4. The number of carbonyl (C=O) groups excluding carboxylic acids is 2. The van der Waals surface area contributed by atoms with Crippen LogP contribution in [-0.4, -0.2) is 18.0 Å². The molecule has 1 N–H and O–H groups in total. The Kier molecular flexibility index (Phi) is 5.18. The van der Waals surface area contributed by atoms with Crippen molar-refractivity contribution in [2.24, 2.45) is 0 Å². The van der Waals surface area contributed by atoms with Crippen LogP contribution in [0.15, 0.2) is 65.3 Å². The predicted molar refractivity (Wildman–Crippen MR) is 108 cm³/mol. The second-order valence-electron chi connectivity index (χ2n) is 6.82. The zero-order valence-electron chi connectivity index (χ0n) is 15.9. The number of para-hydroxylation sites is 1. The topological polar surface area (TPSA) is 68.5 Å². The lowest BCUT2D eigenvalue weighted by Crippen LogP contribution is -2.31. The molecular formula is C23H17F2NO4. The average molecular weight is 409 g/mol. The number of carbonyl (C=O) groups is 2. The van der Waals surface area contributed by atoms with Crippen molar-refractivity contribution in [2.75, 3.05) is 5.32 Å². The van der Waals surface area contributed by atoms with Crippen LogP contribution in [0.5, 0.6) is 0 Å². The molecule has 0 aliphatic carbocycles. The maximum atomic E-state index is 13.7. The van der Waals surface area contributed by atoms with Gasteiger partial charge in [0, 0.05) is 10.9 Å². The molecule has 3 aromatic carbocycles. The van der Waals surface area contributed by atoms with E-state index >= 15 is 0 Å². The molecule has 0 saturated carbocycles. The number of esters is 1. The molecule has 0 bridgehead atoms. The number of amides is 1. The second-order valence-corrected chi connectivity index (χ2v) is 6.82. The van der Waals surface area contributed by atoms with E-state index in [1.807, 2.05) is 36.4 Å². The lowest BCUT2D eigenvalue weighted by molar-refractivity contribution is -0.152. The highest BCUT2D eigenvalue weighted by Gasteiger charge is 2.22. The summed E-state index contributed by atoms with van der Waals surface area (Å²) in [5.41, 5.74) is 0.676. The van der Waals surface area contributed by atoms with Gasteiger partial charge in [-0.15, -0.1) is 0 Å². The van der Waals surface area contributed by atoms with Crippen molar-refractivity contribution in [2.45, 2.75) is 19.4 Å². The third-order valence-corrected chi connectivity index (χ3v) is 4.76. The van der Waals surface area contributed by atoms with Gasteiger partial charge in [-0.25, -0.2) is 8.78 Å². The smallest absolute Gasteiger partial charge is 0.311 e. The molecule has 4 rings (SSSR count). The Labute approximate surface area is 170 Å². The number of rotatable bonds is 5. The standard InChI is InChI=1S/C23H17F2NO4/c1-13(23(28)26-22-17(24)7-4-8-18(22)25)30-20(27)11-15-12-29-19-10-9-14-5-2-3-6-16(14)21(15)19/h2-10,12-13H,11H2,1H3,(H,26,28)/t13-/m1/s1. The molecule has 0 saturated heterocycles. The number of ether oxygens (including phenoxy) is 1. The zero-order chi connectivity index (χ0) is 21.3. The number of benzene rings is 3. The molecule has 0 unspecified atom stereocenters. The van der Waals surface area contributed by atoms with Gasteiger partial charge in [-0.3, -0.25) is 9.59 Å². The van der Waals surface area contributed by atoms with Crippen LogP contribution in [0, 0.1) is 11.6 Å². The molecule has 1 heterocycles. The highest BCUT2D eigenvalue weighted by atomic mass is 19.1. The van der Waals surface area contributed by atoms with Crippen molar-refractivity contribution < 1.29 is 27.5 Å². The van der Waals surface area contributed by atoms with Crippen LogP contribution in [0.4, 0.5) is 14.5 Å². The van der Waals surface area contributed by atoms with Gasteiger partial charge in [0.05, 0.1) is 12.7 Å². The molecular weight excluding hydrogens is 392 g/mol. The Morgan fingerprint density at radius 1 is 1.03 bits per heavy atom. The van der Waals surface area contributed by atoms with E-state index in [4.69, 9.17) is 9.15 Å². The van der Waals surface area contributed by atoms with Crippen molar-refractivity contribution in [1.29, 1.82) is 0 Å². The Bertz CT molecular complexity index is 1240. The molecule has 1 amide bonds. The Morgan fingerprint density at radius 2 is 1.77 bits per heavy atom. The minimum atomic E-state index is -1.24. The van der Waals surface area contributed by atoms with Gasteiger partial charge in [0.2, 0.25) is 0 Å². The molecule has 0 radical (unpaired) electrons. The summed E-state index contributed by atoms with van der Waals surface area (Å²) in [7, 11) is 0. The van der Waals surface area contributed by atoms with E-state index in [2.05, 4.69) is 5.32 Å².